The minimum atomic E-state index is -0.811. The molecular formula is C30H40N2O6S. The number of esters is 1. The molecule has 0 aromatic heterocycles. The predicted molar refractivity (Wildman–Crippen MR) is 153 cm³/mol. The van der Waals surface area contributed by atoms with Crippen LogP contribution in [0.4, 0.5) is 5.69 Å². The lowest BCUT2D eigenvalue weighted by molar-refractivity contribution is -0.154. The molecule has 3 fully saturated rings. The number of likely N-dealkylation sites (tertiary alicyclic amines) is 1. The van der Waals surface area contributed by atoms with Gasteiger partial charge in [0.1, 0.15) is 11.8 Å². The molecule has 2 bridgehead atoms. The summed E-state index contributed by atoms with van der Waals surface area (Å²) in [5, 5.41) is 10.2. The number of hydrogen-bond acceptors (Lipinski definition) is 7. The molecule has 3 aliphatic heterocycles. The fraction of sp³-hybridized carbons (Fsp3) is 0.567. The Balaban J connectivity index is 1.68. The Hall–Kier alpha value is -2.78. The molecule has 0 saturated carbocycles. The van der Waals surface area contributed by atoms with Crippen LogP contribution in [0.3, 0.4) is 0 Å². The fourth-order valence-corrected chi connectivity index (χ4v) is 8.65. The van der Waals surface area contributed by atoms with Gasteiger partial charge in [0.05, 0.1) is 42.9 Å². The number of hydrogen-bond donors (Lipinski definition) is 1. The van der Waals surface area contributed by atoms with E-state index in [1.165, 1.54) is 0 Å². The Morgan fingerprint density at radius 1 is 1.26 bits per heavy atom. The van der Waals surface area contributed by atoms with Crippen molar-refractivity contribution < 1.29 is 29.0 Å². The van der Waals surface area contributed by atoms with Crippen molar-refractivity contribution in [1.29, 1.82) is 0 Å². The number of ether oxygens (including phenoxy) is 2. The van der Waals surface area contributed by atoms with E-state index in [1.807, 2.05) is 25.1 Å². The van der Waals surface area contributed by atoms with E-state index < -0.39 is 28.7 Å². The van der Waals surface area contributed by atoms with Gasteiger partial charge in [-0.25, -0.2) is 0 Å². The van der Waals surface area contributed by atoms with Crippen LogP contribution in [0.5, 0.6) is 5.75 Å². The molecule has 1 N–H and O–H groups in total. The molecule has 212 valence electrons. The van der Waals surface area contributed by atoms with Gasteiger partial charge in [-0.1, -0.05) is 19.1 Å². The van der Waals surface area contributed by atoms with Crippen molar-refractivity contribution in [3.05, 3.63) is 49.6 Å². The average Bonchev–Trinajstić information content (AvgIpc) is 3.60. The van der Waals surface area contributed by atoms with Crippen LogP contribution in [0.25, 0.3) is 0 Å². The number of methoxy groups -OCH3 is 1. The third-order valence-corrected chi connectivity index (χ3v) is 10.3. The Labute approximate surface area is 235 Å². The average molecular weight is 557 g/mol. The van der Waals surface area contributed by atoms with Gasteiger partial charge in [0, 0.05) is 17.5 Å². The number of allylic oxidation sites excluding steroid dienone is 1. The molecule has 6 atom stereocenters. The number of carbonyl (C=O) groups excluding carboxylic acids is 3. The monoisotopic (exact) mass is 556 g/mol. The van der Waals surface area contributed by atoms with Crippen molar-refractivity contribution in [2.24, 2.45) is 11.8 Å². The normalized spacial score (nSPS) is 27.7. The van der Waals surface area contributed by atoms with Crippen LogP contribution in [-0.4, -0.2) is 76.7 Å². The first-order valence-corrected chi connectivity index (χ1v) is 14.7. The second kappa shape index (κ2) is 12.6. The van der Waals surface area contributed by atoms with Gasteiger partial charge in [-0.2, -0.15) is 0 Å². The quantitative estimate of drug-likeness (QED) is 0.210. The Morgan fingerprint density at radius 3 is 2.62 bits per heavy atom. The molecule has 39 heavy (non-hydrogen) atoms. The van der Waals surface area contributed by atoms with E-state index in [0.717, 1.165) is 25.7 Å². The molecule has 2 amide bonds. The van der Waals surface area contributed by atoms with E-state index in [4.69, 9.17) is 9.47 Å². The van der Waals surface area contributed by atoms with Crippen molar-refractivity contribution in [2.75, 3.05) is 31.8 Å². The van der Waals surface area contributed by atoms with Crippen molar-refractivity contribution in [1.82, 2.24) is 4.90 Å². The van der Waals surface area contributed by atoms with Crippen LogP contribution < -0.4 is 9.64 Å². The summed E-state index contributed by atoms with van der Waals surface area (Å²) in [5.41, 5.74) is 0.665. The maximum Gasteiger partial charge on any atom is 0.310 e. The van der Waals surface area contributed by atoms with E-state index in [-0.39, 0.29) is 36.2 Å². The minimum Gasteiger partial charge on any atom is -0.497 e. The Kier molecular flexibility index (Phi) is 9.43. The zero-order valence-corrected chi connectivity index (χ0v) is 23.7. The van der Waals surface area contributed by atoms with Crippen LogP contribution in [0, 0.1) is 11.8 Å². The van der Waals surface area contributed by atoms with Gasteiger partial charge in [-0.3, -0.25) is 14.4 Å². The molecule has 1 aromatic rings. The van der Waals surface area contributed by atoms with Crippen LogP contribution >= 0.6 is 11.8 Å². The summed E-state index contributed by atoms with van der Waals surface area (Å²) < 4.78 is 10.2. The number of aliphatic hydroxyl groups is 1. The summed E-state index contributed by atoms with van der Waals surface area (Å²) >= 11 is 1.60. The van der Waals surface area contributed by atoms with Gasteiger partial charge in [-0.15, -0.1) is 24.9 Å². The predicted octanol–water partition coefficient (Wildman–Crippen LogP) is 3.98. The number of unbranched alkanes of at least 4 members (excludes halogenated alkanes) is 2. The molecule has 3 heterocycles. The number of amides is 2. The van der Waals surface area contributed by atoms with Crippen molar-refractivity contribution in [3.63, 3.8) is 0 Å². The first-order chi connectivity index (χ1) is 18.9. The summed E-state index contributed by atoms with van der Waals surface area (Å²) in [6, 6.07) is 5.86. The topological polar surface area (TPSA) is 96.4 Å². The third kappa shape index (κ3) is 5.23. The summed E-state index contributed by atoms with van der Waals surface area (Å²) in [6.45, 7) is 9.77. The number of aliphatic hydroxyl groups excluding tert-OH is 1. The molecule has 1 spiro atoms. The highest BCUT2D eigenvalue weighted by Crippen LogP contribution is 2.67. The minimum absolute atomic E-state index is 0.0693. The molecule has 1 aromatic carbocycles. The van der Waals surface area contributed by atoms with Gasteiger partial charge in [0.15, 0.2) is 0 Å². The lowest BCUT2D eigenvalue weighted by atomic mass is 9.71. The van der Waals surface area contributed by atoms with E-state index in [2.05, 4.69) is 13.2 Å². The zero-order chi connectivity index (χ0) is 28.2. The second-order valence-electron chi connectivity index (χ2n) is 10.4. The summed E-state index contributed by atoms with van der Waals surface area (Å²) in [4.78, 5) is 45.2. The maximum absolute atomic E-state index is 14.5. The van der Waals surface area contributed by atoms with Crippen LogP contribution in [0.15, 0.2) is 49.6 Å². The van der Waals surface area contributed by atoms with Gasteiger partial charge >= 0.3 is 5.97 Å². The number of carbonyl (C=O) groups is 3. The molecule has 0 radical (unpaired) electrons. The highest BCUT2D eigenvalue weighted by atomic mass is 32.2. The molecule has 9 heteroatoms. The molecular weight excluding hydrogens is 516 g/mol. The SMILES string of the molecule is C=CCCCCOC(=O)[C@@H]1[C@@H]2CCC3(S2)C(C(=O)N(CC=C)c2ccc(OC)cc2)N([C@@H](CC)CO)C(=O)[C@H]13. The lowest BCUT2D eigenvalue weighted by Crippen LogP contribution is -2.57. The molecule has 4 rings (SSSR count). The Morgan fingerprint density at radius 2 is 2.00 bits per heavy atom. The van der Waals surface area contributed by atoms with Gasteiger partial charge in [-0.05, 0) is 62.8 Å². The zero-order valence-electron chi connectivity index (χ0n) is 22.9. The fourth-order valence-electron chi connectivity index (χ4n) is 6.47. The number of thioether (sulfide) groups is 1. The second-order valence-corrected chi connectivity index (χ2v) is 12.0. The van der Waals surface area contributed by atoms with E-state index >= 15 is 0 Å². The summed E-state index contributed by atoms with van der Waals surface area (Å²) in [6.07, 6.45) is 7.86. The maximum atomic E-state index is 14.5. The first kappa shape index (κ1) is 29.2. The molecule has 0 aliphatic carbocycles. The first-order valence-electron chi connectivity index (χ1n) is 13.8. The highest BCUT2D eigenvalue weighted by Gasteiger charge is 2.74. The highest BCUT2D eigenvalue weighted by molar-refractivity contribution is 8.02. The molecule has 3 saturated heterocycles. The number of nitrogens with zero attached hydrogens (tertiary/aromatic N) is 2. The van der Waals surface area contributed by atoms with Crippen molar-refractivity contribution in [2.45, 2.75) is 67.5 Å². The van der Waals surface area contributed by atoms with Crippen LogP contribution in [0.1, 0.15) is 45.4 Å². The number of fused-ring (bicyclic) bond motifs is 1. The van der Waals surface area contributed by atoms with Gasteiger partial charge < -0.3 is 24.4 Å². The Bertz CT molecular complexity index is 1070. The van der Waals surface area contributed by atoms with Gasteiger partial charge in [0.25, 0.3) is 5.91 Å². The largest absolute Gasteiger partial charge is 0.497 e. The van der Waals surface area contributed by atoms with Gasteiger partial charge in [0.2, 0.25) is 5.91 Å². The van der Waals surface area contributed by atoms with E-state index in [9.17, 15) is 19.5 Å². The molecule has 3 aliphatic rings. The number of anilines is 1. The van der Waals surface area contributed by atoms with Crippen molar-refractivity contribution >= 4 is 35.2 Å². The lowest BCUT2D eigenvalue weighted by Gasteiger charge is -2.39. The van der Waals surface area contributed by atoms with E-state index in [1.54, 1.807) is 46.9 Å². The number of benzene rings is 1. The van der Waals surface area contributed by atoms with Crippen molar-refractivity contribution in [3.8, 4) is 5.75 Å². The van der Waals surface area contributed by atoms with E-state index in [0.29, 0.717) is 30.9 Å². The summed E-state index contributed by atoms with van der Waals surface area (Å²) in [7, 11) is 1.58. The van der Waals surface area contributed by atoms with Crippen LogP contribution in [-0.2, 0) is 19.1 Å². The third-order valence-electron chi connectivity index (χ3n) is 8.33. The number of rotatable bonds is 14. The van der Waals surface area contributed by atoms with Crippen LogP contribution in [0.2, 0.25) is 0 Å². The smallest absolute Gasteiger partial charge is 0.310 e. The standard InChI is InChI=1S/C30H40N2O6S/c1-5-8-9-10-18-38-29(36)24-23-15-16-30(39-23)25(24)27(34)32(20(7-3)19-33)26(30)28(35)31(17-6-2)21-11-13-22(37-4)14-12-21/h5-6,11-14,20,23-26,33H,1-2,7-10,15-19H2,3-4H3/t20-,23-,24+,25-,26?,30?/m0/s1. The summed E-state index contributed by atoms with van der Waals surface area (Å²) in [5.74, 6) is -1.39. The molecule has 8 nitrogen and oxygen atoms in total. The molecule has 2 unspecified atom stereocenters.